The van der Waals surface area contributed by atoms with Crippen molar-refractivity contribution >= 4 is 5.78 Å². The third kappa shape index (κ3) is 1.15. The van der Waals surface area contributed by atoms with E-state index in [1.807, 2.05) is 6.08 Å². The Morgan fingerprint density at radius 2 is 2.33 bits per heavy atom. The molecule has 1 aliphatic heterocycles. The van der Waals surface area contributed by atoms with Crippen molar-refractivity contribution < 1.29 is 9.53 Å². The zero-order chi connectivity index (χ0) is 8.77. The second-order valence-electron chi connectivity index (χ2n) is 4.32. The highest BCUT2D eigenvalue weighted by molar-refractivity contribution is 5.98. The Bertz CT molecular complexity index is 251. The highest BCUT2D eigenvalue weighted by Gasteiger charge is 2.51. The first kappa shape index (κ1) is 7.84. The molecule has 1 atom stereocenters. The summed E-state index contributed by atoms with van der Waals surface area (Å²) in [6.45, 7) is 4.95. The fourth-order valence-electron chi connectivity index (χ4n) is 1.68. The summed E-state index contributed by atoms with van der Waals surface area (Å²) in [5.41, 5.74) is 0.226. The molecule has 1 fully saturated rings. The van der Waals surface area contributed by atoms with Crippen LogP contribution in [0.15, 0.2) is 11.8 Å². The number of hydrogen-bond donors (Lipinski definition) is 0. The smallest absolute Gasteiger partial charge is 0.200 e. The van der Waals surface area contributed by atoms with Crippen molar-refractivity contribution in [3.63, 3.8) is 0 Å². The van der Waals surface area contributed by atoms with E-state index >= 15 is 0 Å². The van der Waals surface area contributed by atoms with Gasteiger partial charge in [0.2, 0.25) is 5.78 Å². The van der Waals surface area contributed by atoms with Crippen LogP contribution in [-0.2, 0) is 9.53 Å². The molecule has 66 valence electrons. The number of carbonyl (C=O) groups is 1. The molecule has 0 saturated heterocycles. The van der Waals surface area contributed by atoms with Crippen molar-refractivity contribution in [2.24, 2.45) is 11.3 Å². The van der Waals surface area contributed by atoms with Gasteiger partial charge in [0.15, 0.2) is 5.76 Å². The summed E-state index contributed by atoms with van der Waals surface area (Å²) < 4.78 is 5.22. The van der Waals surface area contributed by atoms with Crippen LogP contribution in [0.1, 0.15) is 26.7 Å². The Balaban J connectivity index is 2.02. The maximum atomic E-state index is 11.6. The minimum atomic E-state index is 0.220. The molecule has 0 aromatic rings. The largest absolute Gasteiger partial charge is 0.490 e. The molecule has 1 heterocycles. The Kier molecular flexibility index (Phi) is 1.53. The van der Waals surface area contributed by atoms with E-state index in [1.165, 1.54) is 0 Å². The summed E-state index contributed by atoms with van der Waals surface area (Å²) >= 11 is 0. The quantitative estimate of drug-likeness (QED) is 0.626. The minimum Gasteiger partial charge on any atom is -0.490 e. The molecule has 1 unspecified atom stereocenters. The number of hydrogen-bond acceptors (Lipinski definition) is 2. The normalized spacial score (nSPS) is 30.8. The van der Waals surface area contributed by atoms with E-state index in [0.717, 1.165) is 12.8 Å². The van der Waals surface area contributed by atoms with Crippen molar-refractivity contribution in [3.8, 4) is 0 Å². The lowest BCUT2D eigenvalue weighted by Gasteiger charge is -2.03. The number of carbonyl (C=O) groups excluding carboxylic acids is 1. The van der Waals surface area contributed by atoms with E-state index in [1.54, 1.807) is 0 Å². The van der Waals surface area contributed by atoms with E-state index in [0.29, 0.717) is 12.4 Å². The van der Waals surface area contributed by atoms with E-state index < -0.39 is 0 Å². The molecule has 2 aliphatic rings. The molecule has 0 spiro atoms. The van der Waals surface area contributed by atoms with Crippen LogP contribution in [0.2, 0.25) is 0 Å². The van der Waals surface area contributed by atoms with Gasteiger partial charge in [-0.15, -0.1) is 0 Å². The van der Waals surface area contributed by atoms with Crippen LogP contribution < -0.4 is 0 Å². The van der Waals surface area contributed by atoms with Crippen molar-refractivity contribution in [3.05, 3.63) is 11.8 Å². The van der Waals surface area contributed by atoms with Gasteiger partial charge in [-0.3, -0.25) is 4.79 Å². The second kappa shape index (κ2) is 2.35. The molecular weight excluding hydrogens is 152 g/mol. The van der Waals surface area contributed by atoms with Gasteiger partial charge in [-0.2, -0.15) is 0 Å². The minimum absolute atomic E-state index is 0.220. The Morgan fingerprint density at radius 1 is 1.67 bits per heavy atom. The van der Waals surface area contributed by atoms with Crippen LogP contribution >= 0.6 is 0 Å². The van der Waals surface area contributed by atoms with Crippen molar-refractivity contribution in [1.82, 2.24) is 0 Å². The zero-order valence-electron chi connectivity index (χ0n) is 7.59. The van der Waals surface area contributed by atoms with Crippen molar-refractivity contribution in [1.29, 1.82) is 0 Å². The molecule has 0 bridgehead atoms. The summed E-state index contributed by atoms with van der Waals surface area (Å²) in [6, 6.07) is 0. The van der Waals surface area contributed by atoms with E-state index in [4.69, 9.17) is 4.74 Å². The molecule has 2 nitrogen and oxygen atoms in total. The van der Waals surface area contributed by atoms with Gasteiger partial charge in [0, 0.05) is 12.3 Å². The molecule has 12 heavy (non-hydrogen) atoms. The van der Waals surface area contributed by atoms with Gasteiger partial charge in [0.1, 0.15) is 0 Å². The maximum Gasteiger partial charge on any atom is 0.200 e. The van der Waals surface area contributed by atoms with E-state index in [9.17, 15) is 4.79 Å². The molecule has 0 aromatic heterocycles. The first-order valence-electron chi connectivity index (χ1n) is 4.48. The highest BCUT2D eigenvalue weighted by atomic mass is 16.5. The number of allylic oxidation sites excluding steroid dienone is 1. The number of Topliss-reactive ketones (excluding diaryl/α,β-unsaturated/α-hetero) is 1. The highest BCUT2D eigenvalue weighted by Crippen LogP contribution is 2.53. The third-order valence-corrected chi connectivity index (χ3v) is 2.78. The Labute approximate surface area is 72.6 Å². The van der Waals surface area contributed by atoms with Gasteiger partial charge >= 0.3 is 0 Å². The average Bonchev–Trinajstić information content (AvgIpc) is 2.56. The van der Waals surface area contributed by atoms with Crippen LogP contribution in [0.4, 0.5) is 0 Å². The van der Waals surface area contributed by atoms with Gasteiger partial charge in [-0.1, -0.05) is 13.8 Å². The Hall–Kier alpha value is -0.790. The molecule has 0 aromatic carbocycles. The summed E-state index contributed by atoms with van der Waals surface area (Å²) in [4.78, 5) is 11.6. The van der Waals surface area contributed by atoms with Crippen LogP contribution in [0.3, 0.4) is 0 Å². The van der Waals surface area contributed by atoms with Crippen LogP contribution in [0.5, 0.6) is 0 Å². The zero-order valence-corrected chi connectivity index (χ0v) is 7.59. The summed E-state index contributed by atoms with van der Waals surface area (Å²) in [5, 5.41) is 0. The summed E-state index contributed by atoms with van der Waals surface area (Å²) in [7, 11) is 0. The molecule has 1 saturated carbocycles. The predicted octanol–water partition coefficient (Wildman–Crippen LogP) is 1.91. The van der Waals surface area contributed by atoms with E-state index in [-0.39, 0.29) is 17.1 Å². The maximum absolute atomic E-state index is 11.6. The molecule has 0 radical (unpaired) electrons. The monoisotopic (exact) mass is 166 g/mol. The third-order valence-electron chi connectivity index (χ3n) is 2.78. The predicted molar refractivity (Wildman–Crippen MR) is 45.5 cm³/mol. The molecule has 0 N–H and O–H groups in total. The lowest BCUT2D eigenvalue weighted by atomic mass is 10.1. The summed E-state index contributed by atoms with van der Waals surface area (Å²) in [6.07, 6.45) is 3.83. The van der Waals surface area contributed by atoms with Crippen molar-refractivity contribution in [2.45, 2.75) is 26.7 Å². The fourth-order valence-corrected chi connectivity index (χ4v) is 1.68. The molecule has 0 amide bonds. The molecule has 2 heteroatoms. The first-order chi connectivity index (χ1) is 5.61. The Morgan fingerprint density at radius 3 is 2.75 bits per heavy atom. The van der Waals surface area contributed by atoms with Gasteiger partial charge in [-0.05, 0) is 17.9 Å². The molecular formula is C10H14O2. The standard InChI is InChI=1S/C10H14O2/c1-10(2)6-7(10)9(11)8-4-3-5-12-8/h4,7H,3,5-6H2,1-2H3. The summed E-state index contributed by atoms with van der Waals surface area (Å²) in [5.74, 6) is 1.06. The lowest BCUT2D eigenvalue weighted by Crippen LogP contribution is -2.09. The fraction of sp³-hybridized carbons (Fsp3) is 0.700. The van der Waals surface area contributed by atoms with Gasteiger partial charge in [0.05, 0.1) is 6.61 Å². The van der Waals surface area contributed by atoms with Gasteiger partial charge in [-0.25, -0.2) is 0 Å². The average molecular weight is 166 g/mol. The van der Waals surface area contributed by atoms with Gasteiger partial charge < -0.3 is 4.74 Å². The number of ketones is 1. The van der Waals surface area contributed by atoms with Crippen LogP contribution in [-0.4, -0.2) is 12.4 Å². The molecule has 2 rings (SSSR count). The van der Waals surface area contributed by atoms with E-state index in [2.05, 4.69) is 13.8 Å². The lowest BCUT2D eigenvalue weighted by molar-refractivity contribution is -0.120. The first-order valence-corrected chi connectivity index (χ1v) is 4.48. The molecule has 1 aliphatic carbocycles. The van der Waals surface area contributed by atoms with Crippen molar-refractivity contribution in [2.75, 3.05) is 6.61 Å². The number of rotatable bonds is 2. The second-order valence-corrected chi connectivity index (χ2v) is 4.32. The topological polar surface area (TPSA) is 26.3 Å². The van der Waals surface area contributed by atoms with Crippen LogP contribution in [0.25, 0.3) is 0 Å². The van der Waals surface area contributed by atoms with Gasteiger partial charge in [0.25, 0.3) is 0 Å². The SMILES string of the molecule is CC1(C)CC1C(=O)C1=CCCO1. The number of ether oxygens (including phenoxy) is 1. The van der Waals surface area contributed by atoms with Crippen LogP contribution in [0, 0.1) is 11.3 Å².